The van der Waals surface area contributed by atoms with Crippen molar-refractivity contribution in [2.24, 2.45) is 5.73 Å². The molecule has 1 heterocycles. The maximum atomic E-state index is 12.4. The molecule has 7 nitrogen and oxygen atoms in total. The Kier molecular flexibility index (Phi) is 3.66. The summed E-state index contributed by atoms with van der Waals surface area (Å²) in [6.45, 7) is 1.00. The summed E-state index contributed by atoms with van der Waals surface area (Å²) in [5.74, 6) is -0.283. The van der Waals surface area contributed by atoms with Crippen LogP contribution < -0.4 is 11.5 Å². The zero-order valence-corrected chi connectivity index (χ0v) is 10.4. The molecule has 0 spiro atoms. The standard InChI is InChI=1S/C12H16N4O3/c13-7-8-3-2-6-15(8)12(17)9-4-1-5-10(11(9)14)16(18)19/h1,4-5,8H,2-3,6-7,13-14H2. The molecule has 7 heteroatoms. The lowest BCUT2D eigenvalue weighted by atomic mass is 10.1. The molecule has 1 aromatic rings. The average molecular weight is 264 g/mol. The second-order valence-electron chi connectivity index (χ2n) is 4.53. The number of rotatable bonds is 3. The summed E-state index contributed by atoms with van der Waals surface area (Å²) in [6.07, 6.45) is 1.75. The highest BCUT2D eigenvalue weighted by Crippen LogP contribution is 2.28. The van der Waals surface area contributed by atoms with Gasteiger partial charge in [0.2, 0.25) is 0 Å². The van der Waals surface area contributed by atoms with Crippen LogP contribution >= 0.6 is 0 Å². The topological polar surface area (TPSA) is 115 Å². The van der Waals surface area contributed by atoms with Gasteiger partial charge >= 0.3 is 0 Å². The number of benzene rings is 1. The number of nitrogens with zero attached hydrogens (tertiary/aromatic N) is 2. The third-order valence-electron chi connectivity index (χ3n) is 3.42. The number of anilines is 1. The van der Waals surface area contributed by atoms with E-state index >= 15 is 0 Å². The summed E-state index contributed by atoms with van der Waals surface area (Å²) >= 11 is 0. The van der Waals surface area contributed by atoms with Gasteiger partial charge in [0.15, 0.2) is 0 Å². The van der Waals surface area contributed by atoms with Crippen molar-refractivity contribution in [3.05, 3.63) is 33.9 Å². The van der Waals surface area contributed by atoms with E-state index in [1.807, 2.05) is 0 Å². The van der Waals surface area contributed by atoms with Crippen LogP contribution in [0.4, 0.5) is 11.4 Å². The number of nitro groups is 1. The summed E-state index contributed by atoms with van der Waals surface area (Å²) in [4.78, 5) is 24.3. The first kappa shape index (κ1) is 13.3. The van der Waals surface area contributed by atoms with Gasteiger partial charge in [-0.3, -0.25) is 14.9 Å². The lowest BCUT2D eigenvalue weighted by Crippen LogP contribution is -2.40. The van der Waals surface area contributed by atoms with Crippen LogP contribution in [0, 0.1) is 10.1 Å². The molecule has 2 rings (SSSR count). The molecule has 1 fully saturated rings. The Balaban J connectivity index is 2.34. The fourth-order valence-corrected chi connectivity index (χ4v) is 2.40. The fraction of sp³-hybridized carbons (Fsp3) is 0.417. The van der Waals surface area contributed by atoms with Gasteiger partial charge in [0.05, 0.1) is 10.5 Å². The maximum absolute atomic E-state index is 12.4. The van der Waals surface area contributed by atoms with E-state index in [4.69, 9.17) is 11.5 Å². The maximum Gasteiger partial charge on any atom is 0.292 e. The Morgan fingerprint density at radius 1 is 1.53 bits per heavy atom. The molecule has 4 N–H and O–H groups in total. The van der Waals surface area contributed by atoms with Crippen molar-refractivity contribution in [1.82, 2.24) is 4.90 Å². The van der Waals surface area contributed by atoms with Crippen LogP contribution in [-0.2, 0) is 0 Å². The molecule has 1 atom stereocenters. The van der Waals surface area contributed by atoms with E-state index in [1.165, 1.54) is 18.2 Å². The Morgan fingerprint density at radius 3 is 2.89 bits per heavy atom. The van der Waals surface area contributed by atoms with Crippen molar-refractivity contribution in [3.8, 4) is 0 Å². The fourth-order valence-electron chi connectivity index (χ4n) is 2.40. The largest absolute Gasteiger partial charge is 0.393 e. The quantitative estimate of drug-likeness (QED) is 0.474. The summed E-state index contributed by atoms with van der Waals surface area (Å²) in [5.41, 5.74) is 11.2. The number of carbonyl (C=O) groups is 1. The van der Waals surface area contributed by atoms with Crippen LogP contribution in [0.5, 0.6) is 0 Å². The van der Waals surface area contributed by atoms with Gasteiger partial charge < -0.3 is 16.4 Å². The van der Waals surface area contributed by atoms with Crippen molar-refractivity contribution in [2.45, 2.75) is 18.9 Å². The van der Waals surface area contributed by atoms with E-state index in [0.717, 1.165) is 12.8 Å². The van der Waals surface area contributed by atoms with Crippen molar-refractivity contribution in [2.75, 3.05) is 18.8 Å². The van der Waals surface area contributed by atoms with E-state index in [2.05, 4.69) is 0 Å². The highest BCUT2D eigenvalue weighted by molar-refractivity contribution is 6.01. The van der Waals surface area contributed by atoms with Gasteiger partial charge in [-0.05, 0) is 18.9 Å². The zero-order chi connectivity index (χ0) is 14.0. The van der Waals surface area contributed by atoms with E-state index in [0.29, 0.717) is 13.1 Å². The Morgan fingerprint density at radius 2 is 2.26 bits per heavy atom. The molecule has 102 valence electrons. The molecule has 19 heavy (non-hydrogen) atoms. The van der Waals surface area contributed by atoms with Crippen LogP contribution in [0.3, 0.4) is 0 Å². The van der Waals surface area contributed by atoms with E-state index < -0.39 is 4.92 Å². The molecule has 1 saturated heterocycles. The molecule has 0 aromatic heterocycles. The first-order valence-corrected chi connectivity index (χ1v) is 6.10. The van der Waals surface area contributed by atoms with Gasteiger partial charge in [-0.2, -0.15) is 0 Å². The molecule has 1 aromatic carbocycles. The molecule has 1 unspecified atom stereocenters. The van der Waals surface area contributed by atoms with Crippen LogP contribution in [0.2, 0.25) is 0 Å². The summed E-state index contributed by atoms with van der Waals surface area (Å²) in [6, 6.07) is 4.26. The van der Waals surface area contributed by atoms with Crippen LogP contribution in [0.15, 0.2) is 18.2 Å². The molecule has 0 bridgehead atoms. The Hall–Kier alpha value is -2.15. The first-order chi connectivity index (χ1) is 9.06. The third kappa shape index (κ3) is 2.37. The van der Waals surface area contributed by atoms with Gasteiger partial charge in [0, 0.05) is 25.2 Å². The summed E-state index contributed by atoms with van der Waals surface area (Å²) < 4.78 is 0. The number of nitro benzene ring substituents is 1. The van der Waals surface area contributed by atoms with Gasteiger partial charge in [-0.25, -0.2) is 0 Å². The molecule has 0 radical (unpaired) electrons. The Bertz CT molecular complexity index is 518. The minimum atomic E-state index is -0.587. The number of likely N-dealkylation sites (tertiary alicyclic amines) is 1. The smallest absolute Gasteiger partial charge is 0.292 e. The molecular formula is C12H16N4O3. The number of amides is 1. The minimum absolute atomic E-state index is 0.00818. The predicted octanol–water partition coefficient (Wildman–Crippen LogP) is 0.740. The number of hydrogen-bond donors (Lipinski definition) is 2. The Labute approximate surface area is 110 Å². The van der Waals surface area contributed by atoms with Gasteiger partial charge in [-0.1, -0.05) is 6.07 Å². The van der Waals surface area contributed by atoms with E-state index in [1.54, 1.807) is 4.90 Å². The average Bonchev–Trinajstić information content (AvgIpc) is 2.86. The lowest BCUT2D eigenvalue weighted by Gasteiger charge is -2.23. The van der Waals surface area contributed by atoms with Gasteiger partial charge in [-0.15, -0.1) is 0 Å². The second-order valence-corrected chi connectivity index (χ2v) is 4.53. The highest BCUT2D eigenvalue weighted by Gasteiger charge is 2.30. The number of carbonyl (C=O) groups excluding carboxylic acids is 1. The van der Waals surface area contributed by atoms with Crippen molar-refractivity contribution >= 4 is 17.3 Å². The molecule has 1 amide bonds. The second kappa shape index (κ2) is 5.23. The monoisotopic (exact) mass is 264 g/mol. The molecule has 0 aliphatic carbocycles. The van der Waals surface area contributed by atoms with Crippen molar-refractivity contribution in [3.63, 3.8) is 0 Å². The highest BCUT2D eigenvalue weighted by atomic mass is 16.6. The normalized spacial score (nSPS) is 18.6. The molecule has 1 aliphatic rings. The zero-order valence-electron chi connectivity index (χ0n) is 10.4. The van der Waals surface area contributed by atoms with Crippen LogP contribution in [0.1, 0.15) is 23.2 Å². The summed E-state index contributed by atoms with van der Waals surface area (Å²) in [7, 11) is 0. The number of para-hydroxylation sites is 1. The van der Waals surface area contributed by atoms with Gasteiger partial charge in [0.25, 0.3) is 11.6 Å². The number of nitrogens with two attached hydrogens (primary N) is 2. The molecular weight excluding hydrogens is 248 g/mol. The van der Waals surface area contributed by atoms with Crippen LogP contribution in [0.25, 0.3) is 0 Å². The third-order valence-corrected chi connectivity index (χ3v) is 3.42. The van der Waals surface area contributed by atoms with E-state index in [-0.39, 0.29) is 28.9 Å². The SMILES string of the molecule is NCC1CCCN1C(=O)c1cccc([N+](=O)[O-])c1N. The predicted molar refractivity (Wildman–Crippen MR) is 70.6 cm³/mol. The number of hydrogen-bond acceptors (Lipinski definition) is 5. The molecule has 1 aliphatic heterocycles. The first-order valence-electron chi connectivity index (χ1n) is 6.10. The number of nitrogen functional groups attached to an aromatic ring is 1. The lowest BCUT2D eigenvalue weighted by molar-refractivity contribution is -0.383. The summed E-state index contributed by atoms with van der Waals surface area (Å²) in [5, 5.41) is 10.8. The van der Waals surface area contributed by atoms with E-state index in [9.17, 15) is 14.9 Å². The molecule has 0 saturated carbocycles. The van der Waals surface area contributed by atoms with Crippen molar-refractivity contribution in [1.29, 1.82) is 0 Å². The van der Waals surface area contributed by atoms with Crippen molar-refractivity contribution < 1.29 is 9.72 Å². The van der Waals surface area contributed by atoms with Crippen LogP contribution in [-0.4, -0.2) is 34.9 Å². The minimum Gasteiger partial charge on any atom is -0.393 e. The van der Waals surface area contributed by atoms with Gasteiger partial charge in [0.1, 0.15) is 5.69 Å².